The zero-order valence-electron chi connectivity index (χ0n) is 22.7. The Morgan fingerprint density at radius 3 is 1.20 bits per heavy atom. The molecule has 7 nitrogen and oxygen atoms in total. The van der Waals surface area contributed by atoms with Gasteiger partial charge in [0.05, 0.1) is 22.1 Å². The van der Waals surface area contributed by atoms with Gasteiger partial charge in [0.25, 0.3) is 11.8 Å². The molecule has 0 saturated carbocycles. The van der Waals surface area contributed by atoms with Crippen LogP contribution in [-0.4, -0.2) is 35.9 Å². The molecule has 219 valence electrons. The summed E-state index contributed by atoms with van der Waals surface area (Å²) < 4.78 is 3.18. The predicted molar refractivity (Wildman–Crippen MR) is 154 cm³/mol. The van der Waals surface area contributed by atoms with Gasteiger partial charge in [-0.3, -0.25) is 18.7 Å². The van der Waals surface area contributed by atoms with E-state index in [2.05, 4.69) is 0 Å². The summed E-state index contributed by atoms with van der Waals surface area (Å²) in [6, 6.07) is 38.7. The molecule has 0 fully saturated rings. The van der Waals surface area contributed by atoms with Gasteiger partial charge in [0.1, 0.15) is 11.4 Å². The number of carbonyl (C=O) groups is 2. The Labute approximate surface area is 282 Å². The average molecular weight is 682 g/mol. The van der Waals surface area contributed by atoms with Crippen molar-refractivity contribution in [1.82, 2.24) is 24.1 Å². The molecule has 3 heterocycles. The van der Waals surface area contributed by atoms with Crippen LogP contribution in [0.3, 0.4) is 0 Å². The van der Waals surface area contributed by atoms with E-state index in [4.69, 9.17) is 15.0 Å². The molecular formula is C33H21Cl3FeN5O2. The van der Waals surface area contributed by atoms with Crippen LogP contribution in [0.5, 0.6) is 0 Å². The van der Waals surface area contributed by atoms with Gasteiger partial charge in [0.15, 0.2) is 11.6 Å². The van der Waals surface area contributed by atoms with Gasteiger partial charge < -0.3 is 37.2 Å². The van der Waals surface area contributed by atoms with Crippen LogP contribution >= 0.6 is 0 Å². The topological polar surface area (TPSA) is 82.7 Å². The molecule has 11 heteroatoms. The van der Waals surface area contributed by atoms with Gasteiger partial charge in [-0.05, 0) is 60.7 Å². The quantitative estimate of drug-likeness (QED) is 0.192. The van der Waals surface area contributed by atoms with Gasteiger partial charge in [-0.25, -0.2) is 15.0 Å². The van der Waals surface area contributed by atoms with E-state index < -0.39 is 0 Å². The Balaban J connectivity index is 0.00000132. The monoisotopic (exact) mass is 680 g/mol. The molecule has 0 bridgehead atoms. The summed E-state index contributed by atoms with van der Waals surface area (Å²) in [4.78, 5) is 41.9. The predicted octanol–water partition coefficient (Wildman–Crippen LogP) is -2.50. The first-order chi connectivity index (χ1) is 19.7. The van der Waals surface area contributed by atoms with Crippen LogP contribution < -0.4 is 37.2 Å². The molecule has 44 heavy (non-hydrogen) atoms. The summed E-state index contributed by atoms with van der Waals surface area (Å²) in [7, 11) is 0. The van der Waals surface area contributed by atoms with Crippen LogP contribution in [0, 0.1) is 0 Å². The minimum absolute atomic E-state index is 0. The molecule has 3 aromatic heterocycles. The number of hydrogen-bond acceptors (Lipinski definition) is 5. The van der Waals surface area contributed by atoms with Crippen LogP contribution in [-0.2, 0) is 17.1 Å². The maximum Gasteiger partial charge on any atom is 3.00 e. The van der Waals surface area contributed by atoms with Crippen molar-refractivity contribution < 1.29 is 63.9 Å². The largest absolute Gasteiger partial charge is 3.00 e. The Morgan fingerprint density at radius 2 is 0.795 bits per heavy atom. The van der Waals surface area contributed by atoms with E-state index in [-0.39, 0.29) is 66.1 Å². The van der Waals surface area contributed by atoms with Crippen molar-refractivity contribution in [2.75, 3.05) is 0 Å². The number of nitrogens with zero attached hydrogens (tertiary/aromatic N) is 5. The molecule has 7 rings (SSSR count). The van der Waals surface area contributed by atoms with Gasteiger partial charge in [-0.15, -0.1) is 0 Å². The van der Waals surface area contributed by atoms with E-state index in [9.17, 15) is 9.59 Å². The molecule has 0 unspecified atom stereocenters. The zero-order chi connectivity index (χ0) is 27.1. The second-order valence-electron chi connectivity index (χ2n) is 9.27. The molecule has 0 spiro atoms. The molecule has 0 atom stereocenters. The molecule has 0 aliphatic rings. The van der Waals surface area contributed by atoms with Gasteiger partial charge in [0.2, 0.25) is 0 Å². The Hall–Kier alpha value is -4.30. The maximum atomic E-state index is 13.7. The number of benzene rings is 4. The number of halogens is 3. The van der Waals surface area contributed by atoms with Gasteiger partial charge >= 0.3 is 17.1 Å². The minimum Gasteiger partial charge on any atom is -1.00 e. The van der Waals surface area contributed by atoms with E-state index in [1.54, 1.807) is 33.4 Å². The molecule has 0 saturated heterocycles. The zero-order valence-corrected chi connectivity index (χ0v) is 26.0. The fraction of sp³-hybridized carbons (Fsp3) is 0. The Morgan fingerprint density at radius 1 is 0.432 bits per heavy atom. The van der Waals surface area contributed by atoms with Crippen molar-refractivity contribution in [1.29, 1.82) is 0 Å². The number of para-hydroxylation sites is 4. The molecule has 0 amide bonds. The van der Waals surface area contributed by atoms with Crippen molar-refractivity contribution in [2.24, 2.45) is 0 Å². The van der Waals surface area contributed by atoms with E-state index >= 15 is 0 Å². The average Bonchev–Trinajstić information content (AvgIpc) is 3.61. The fourth-order valence-electron chi connectivity index (χ4n) is 4.91. The molecule has 4 aromatic carbocycles. The summed E-state index contributed by atoms with van der Waals surface area (Å²) in [6.07, 6.45) is 0. The third kappa shape index (κ3) is 6.04. The number of hydrogen-bond donors (Lipinski definition) is 0. The summed E-state index contributed by atoms with van der Waals surface area (Å²) in [5.74, 6) is 0.411. The smallest absolute Gasteiger partial charge is 1.00 e. The first-order valence-electron chi connectivity index (χ1n) is 12.8. The van der Waals surface area contributed by atoms with Crippen molar-refractivity contribution in [2.45, 2.75) is 0 Å². The Bertz CT molecular complexity index is 1920. The van der Waals surface area contributed by atoms with E-state index in [0.717, 1.165) is 0 Å². The Kier molecular flexibility index (Phi) is 11.2. The van der Waals surface area contributed by atoms with Crippen molar-refractivity contribution >= 4 is 33.9 Å². The van der Waals surface area contributed by atoms with E-state index in [0.29, 0.717) is 56.2 Å². The van der Waals surface area contributed by atoms with Crippen LogP contribution in [0.4, 0.5) is 0 Å². The maximum absolute atomic E-state index is 13.7. The number of imidazole rings is 2. The summed E-state index contributed by atoms with van der Waals surface area (Å²) in [5, 5.41) is 0. The fourth-order valence-corrected chi connectivity index (χ4v) is 4.91. The van der Waals surface area contributed by atoms with E-state index in [1.165, 1.54) is 0 Å². The molecule has 1 radical (unpaired) electrons. The summed E-state index contributed by atoms with van der Waals surface area (Å²) in [6.45, 7) is 0. The minimum atomic E-state index is -0.206. The van der Waals surface area contributed by atoms with Crippen LogP contribution in [0.1, 0.15) is 20.7 Å². The number of rotatable bonds is 4. The molecule has 0 aliphatic heterocycles. The summed E-state index contributed by atoms with van der Waals surface area (Å²) >= 11 is 0. The van der Waals surface area contributed by atoms with Crippen LogP contribution in [0.25, 0.3) is 45.1 Å². The normalized spacial score (nSPS) is 10.2. The number of aromatic nitrogens is 5. The van der Waals surface area contributed by atoms with Crippen LogP contribution in [0.2, 0.25) is 0 Å². The van der Waals surface area contributed by atoms with Gasteiger partial charge in [0, 0.05) is 11.1 Å². The van der Waals surface area contributed by atoms with Crippen molar-refractivity contribution in [3.8, 4) is 23.0 Å². The standard InChI is InChI=1S/C33H21N5O2.3ClH.Fe/c39-32(22-12-3-1-4-13-22)37-28-20-9-7-16-24(28)35-30(37)26-18-11-19-27(34-26)31-36-25-17-8-10-21-29(25)38(31)33(40)23-14-5-2-6-15-23;;;;/h1-21H;3*1H;/q;;;;+3/p-3. The first kappa shape index (κ1) is 34.2. The van der Waals surface area contributed by atoms with Gasteiger partial charge in [-0.2, -0.15) is 0 Å². The SMILES string of the molecule is O=C(c1ccccc1)n1c(-c2cccc(-c3nc4ccccc4n3C(=O)c3ccccc3)n2)nc2ccccc21.[Cl-].[Cl-].[Cl-].[Fe+3]. The van der Waals surface area contributed by atoms with Gasteiger partial charge in [-0.1, -0.05) is 66.7 Å². The van der Waals surface area contributed by atoms with Crippen molar-refractivity contribution in [3.05, 3.63) is 139 Å². The number of carbonyl (C=O) groups excluding carboxylic acids is 2. The summed E-state index contributed by atoms with van der Waals surface area (Å²) in [5.41, 5.74) is 4.79. The third-order valence-corrected chi connectivity index (χ3v) is 6.78. The van der Waals surface area contributed by atoms with E-state index in [1.807, 2.05) is 103 Å². The number of pyridine rings is 1. The molecule has 0 N–H and O–H groups in total. The second-order valence-corrected chi connectivity index (χ2v) is 9.27. The molecule has 7 aromatic rings. The number of fused-ring (bicyclic) bond motifs is 2. The molecule has 0 aliphatic carbocycles. The molecular weight excluding hydrogens is 661 g/mol. The van der Waals surface area contributed by atoms with Crippen molar-refractivity contribution in [3.63, 3.8) is 0 Å². The third-order valence-electron chi connectivity index (χ3n) is 6.78. The first-order valence-corrected chi connectivity index (χ1v) is 12.8. The second kappa shape index (κ2) is 14.4. The van der Waals surface area contributed by atoms with Crippen LogP contribution in [0.15, 0.2) is 127 Å².